The molecule has 0 aliphatic heterocycles. The highest BCUT2D eigenvalue weighted by Gasteiger charge is 2.24. The molecule has 5 nitrogen and oxygen atoms in total. The standard InChI is InChI=1S/C11H11Cl2NO4/c1-11(2,3)18-10(15)9-7(12)4-6(14(16)17)5-8(9)13/h4-5H,1-3H3. The molecular formula is C11H11Cl2NO4. The van der Waals surface area contributed by atoms with Gasteiger partial charge in [-0.1, -0.05) is 23.2 Å². The molecule has 0 aliphatic carbocycles. The van der Waals surface area contributed by atoms with Crippen molar-refractivity contribution < 1.29 is 14.5 Å². The summed E-state index contributed by atoms with van der Waals surface area (Å²) in [5.74, 6) is -0.715. The third-order valence-corrected chi connectivity index (χ3v) is 2.44. The number of rotatable bonds is 2. The highest BCUT2D eigenvalue weighted by atomic mass is 35.5. The van der Waals surface area contributed by atoms with Crippen LogP contribution in [-0.2, 0) is 4.74 Å². The van der Waals surface area contributed by atoms with Crippen LogP contribution in [0.15, 0.2) is 12.1 Å². The van der Waals surface area contributed by atoms with E-state index in [1.165, 1.54) is 0 Å². The number of non-ortho nitro benzene ring substituents is 1. The van der Waals surface area contributed by atoms with E-state index in [0.29, 0.717) is 0 Å². The molecule has 7 heteroatoms. The van der Waals surface area contributed by atoms with Crippen molar-refractivity contribution in [3.05, 3.63) is 37.9 Å². The molecule has 98 valence electrons. The maximum atomic E-state index is 11.8. The SMILES string of the molecule is CC(C)(C)OC(=O)c1c(Cl)cc([N+](=O)[O-])cc1Cl. The summed E-state index contributed by atoms with van der Waals surface area (Å²) < 4.78 is 5.11. The number of nitro benzene ring substituents is 1. The molecule has 1 aromatic rings. The fourth-order valence-electron chi connectivity index (χ4n) is 1.19. The van der Waals surface area contributed by atoms with E-state index in [4.69, 9.17) is 27.9 Å². The Morgan fingerprint density at radius 1 is 1.28 bits per heavy atom. The monoisotopic (exact) mass is 291 g/mol. The van der Waals surface area contributed by atoms with Crippen molar-refractivity contribution in [1.29, 1.82) is 0 Å². The quantitative estimate of drug-likeness (QED) is 0.471. The molecule has 0 aliphatic rings. The van der Waals surface area contributed by atoms with Gasteiger partial charge in [0.2, 0.25) is 0 Å². The smallest absolute Gasteiger partial charge is 0.341 e. The molecule has 0 saturated carbocycles. The van der Waals surface area contributed by atoms with Crippen LogP contribution in [0.2, 0.25) is 10.0 Å². The van der Waals surface area contributed by atoms with Gasteiger partial charge in [-0.2, -0.15) is 0 Å². The minimum absolute atomic E-state index is 0.0705. The van der Waals surface area contributed by atoms with Crippen LogP contribution in [0.4, 0.5) is 5.69 Å². The summed E-state index contributed by atoms with van der Waals surface area (Å²) in [5, 5.41) is 10.4. The fraction of sp³-hybridized carbons (Fsp3) is 0.364. The van der Waals surface area contributed by atoms with Gasteiger partial charge in [0.05, 0.1) is 20.5 Å². The number of hydrogen-bond acceptors (Lipinski definition) is 4. The van der Waals surface area contributed by atoms with Crippen molar-refractivity contribution in [2.75, 3.05) is 0 Å². The van der Waals surface area contributed by atoms with Gasteiger partial charge in [-0.15, -0.1) is 0 Å². The molecule has 0 fully saturated rings. The Bertz CT molecular complexity index is 485. The summed E-state index contributed by atoms with van der Waals surface area (Å²) >= 11 is 11.6. The number of nitro groups is 1. The van der Waals surface area contributed by atoms with Crippen molar-refractivity contribution in [2.24, 2.45) is 0 Å². The highest BCUT2D eigenvalue weighted by Crippen LogP contribution is 2.31. The Kier molecular flexibility index (Phi) is 4.19. The van der Waals surface area contributed by atoms with E-state index in [2.05, 4.69) is 0 Å². The van der Waals surface area contributed by atoms with Gasteiger partial charge in [0.25, 0.3) is 5.69 Å². The van der Waals surface area contributed by atoms with Crippen LogP contribution in [0.25, 0.3) is 0 Å². The molecule has 0 unspecified atom stereocenters. The third-order valence-electron chi connectivity index (χ3n) is 1.84. The van der Waals surface area contributed by atoms with Crippen LogP contribution >= 0.6 is 23.2 Å². The Labute approximate surface area is 114 Å². The topological polar surface area (TPSA) is 69.4 Å². The summed E-state index contributed by atoms with van der Waals surface area (Å²) in [6, 6.07) is 2.12. The summed E-state index contributed by atoms with van der Waals surface area (Å²) in [5.41, 5.74) is -1.05. The van der Waals surface area contributed by atoms with E-state index in [0.717, 1.165) is 12.1 Å². The minimum Gasteiger partial charge on any atom is -0.456 e. The molecule has 18 heavy (non-hydrogen) atoms. The number of benzene rings is 1. The van der Waals surface area contributed by atoms with E-state index in [-0.39, 0.29) is 21.3 Å². The number of ether oxygens (including phenoxy) is 1. The van der Waals surface area contributed by atoms with Crippen molar-refractivity contribution in [1.82, 2.24) is 0 Å². The molecule has 0 bridgehead atoms. The summed E-state index contributed by atoms with van der Waals surface area (Å²) in [7, 11) is 0. The maximum Gasteiger partial charge on any atom is 0.341 e. The zero-order chi connectivity index (χ0) is 14.1. The lowest BCUT2D eigenvalue weighted by Gasteiger charge is -2.20. The lowest BCUT2D eigenvalue weighted by molar-refractivity contribution is -0.384. The van der Waals surface area contributed by atoms with Crippen molar-refractivity contribution >= 4 is 34.9 Å². The number of nitrogens with zero attached hydrogens (tertiary/aromatic N) is 1. The van der Waals surface area contributed by atoms with E-state index in [1.54, 1.807) is 20.8 Å². The first-order chi connectivity index (χ1) is 8.11. The zero-order valence-electron chi connectivity index (χ0n) is 9.99. The predicted molar refractivity (Wildman–Crippen MR) is 68.3 cm³/mol. The molecule has 0 amide bonds. The fourth-order valence-corrected chi connectivity index (χ4v) is 1.82. The molecule has 0 atom stereocenters. The van der Waals surface area contributed by atoms with Gasteiger partial charge in [0.15, 0.2) is 0 Å². The van der Waals surface area contributed by atoms with Gasteiger partial charge in [0, 0.05) is 12.1 Å². The lowest BCUT2D eigenvalue weighted by Crippen LogP contribution is -2.24. The van der Waals surface area contributed by atoms with E-state index in [9.17, 15) is 14.9 Å². The lowest BCUT2D eigenvalue weighted by atomic mass is 10.1. The van der Waals surface area contributed by atoms with Crippen LogP contribution in [0.1, 0.15) is 31.1 Å². The molecule has 0 aromatic heterocycles. The summed E-state index contributed by atoms with van der Waals surface area (Å²) in [6.45, 7) is 5.08. The highest BCUT2D eigenvalue weighted by molar-refractivity contribution is 6.39. The first-order valence-electron chi connectivity index (χ1n) is 4.98. The van der Waals surface area contributed by atoms with Crippen LogP contribution in [0, 0.1) is 10.1 Å². The van der Waals surface area contributed by atoms with Crippen LogP contribution in [0.5, 0.6) is 0 Å². The van der Waals surface area contributed by atoms with Crippen molar-refractivity contribution in [2.45, 2.75) is 26.4 Å². The van der Waals surface area contributed by atoms with E-state index >= 15 is 0 Å². The second-order valence-corrected chi connectivity index (χ2v) is 5.36. The molecule has 0 N–H and O–H groups in total. The minimum atomic E-state index is -0.715. The molecular weight excluding hydrogens is 281 g/mol. The van der Waals surface area contributed by atoms with Gasteiger partial charge in [-0.25, -0.2) is 4.79 Å². The van der Waals surface area contributed by atoms with Gasteiger partial charge in [-0.05, 0) is 20.8 Å². The van der Waals surface area contributed by atoms with Crippen molar-refractivity contribution in [3.8, 4) is 0 Å². The normalized spacial score (nSPS) is 11.2. The Hall–Kier alpha value is -1.33. The predicted octanol–water partition coefficient (Wildman–Crippen LogP) is 3.86. The molecule has 0 spiro atoms. The molecule has 1 rings (SSSR count). The first kappa shape index (κ1) is 14.7. The zero-order valence-corrected chi connectivity index (χ0v) is 11.5. The Morgan fingerprint density at radius 2 is 1.72 bits per heavy atom. The van der Waals surface area contributed by atoms with Crippen molar-refractivity contribution in [3.63, 3.8) is 0 Å². The van der Waals surface area contributed by atoms with Crippen LogP contribution < -0.4 is 0 Å². The second-order valence-electron chi connectivity index (χ2n) is 4.54. The second kappa shape index (κ2) is 5.12. The van der Waals surface area contributed by atoms with E-state index < -0.39 is 16.5 Å². The third kappa shape index (κ3) is 3.58. The average molecular weight is 292 g/mol. The number of esters is 1. The Morgan fingerprint density at radius 3 is 2.06 bits per heavy atom. The molecule has 0 heterocycles. The first-order valence-corrected chi connectivity index (χ1v) is 5.74. The Balaban J connectivity index is 3.19. The number of carbonyl (C=O) groups excluding carboxylic acids is 1. The maximum absolute atomic E-state index is 11.8. The van der Waals surface area contributed by atoms with Gasteiger partial charge >= 0.3 is 5.97 Å². The number of halogens is 2. The van der Waals surface area contributed by atoms with Gasteiger partial charge in [-0.3, -0.25) is 10.1 Å². The van der Waals surface area contributed by atoms with Gasteiger partial charge in [0.1, 0.15) is 5.60 Å². The van der Waals surface area contributed by atoms with Gasteiger partial charge < -0.3 is 4.74 Å². The molecule has 0 radical (unpaired) electrons. The van der Waals surface area contributed by atoms with Crippen LogP contribution in [-0.4, -0.2) is 16.5 Å². The molecule has 1 aromatic carbocycles. The number of hydrogen-bond donors (Lipinski definition) is 0. The summed E-state index contributed by atoms with van der Waals surface area (Å²) in [6.07, 6.45) is 0. The van der Waals surface area contributed by atoms with E-state index in [1.807, 2.05) is 0 Å². The summed E-state index contributed by atoms with van der Waals surface area (Å²) in [4.78, 5) is 21.8. The molecule has 0 saturated heterocycles. The number of carbonyl (C=O) groups is 1. The average Bonchev–Trinajstić information content (AvgIpc) is 2.12. The van der Waals surface area contributed by atoms with Crippen LogP contribution in [0.3, 0.4) is 0 Å². The largest absolute Gasteiger partial charge is 0.456 e.